The average molecular weight is 395 g/mol. The van der Waals surface area contributed by atoms with Crippen LogP contribution in [0.3, 0.4) is 0 Å². The molecule has 4 rings (SSSR count). The summed E-state index contributed by atoms with van der Waals surface area (Å²) < 4.78 is 52.2. The first-order valence-electron chi connectivity index (χ1n) is 9.10. The number of aromatic nitrogens is 2. The van der Waals surface area contributed by atoms with Crippen LogP contribution in [0.2, 0.25) is 0 Å². The van der Waals surface area contributed by atoms with Gasteiger partial charge in [-0.25, -0.2) is 12.8 Å². The number of ether oxygens (including phenoxy) is 1. The van der Waals surface area contributed by atoms with Gasteiger partial charge in [0, 0.05) is 31.5 Å². The Morgan fingerprint density at radius 2 is 1.96 bits per heavy atom. The summed E-state index contributed by atoms with van der Waals surface area (Å²) in [5, 5.41) is 3.98. The van der Waals surface area contributed by atoms with Gasteiger partial charge >= 0.3 is 0 Å². The first kappa shape index (κ1) is 18.5. The lowest BCUT2D eigenvalue weighted by Crippen LogP contribution is -2.46. The summed E-state index contributed by atoms with van der Waals surface area (Å²) in [4.78, 5) is 4.19. The third kappa shape index (κ3) is 3.39. The fraction of sp³-hybridized carbons (Fsp3) is 0.556. The van der Waals surface area contributed by atoms with Crippen LogP contribution in [0.25, 0.3) is 0 Å². The fourth-order valence-electron chi connectivity index (χ4n) is 4.22. The lowest BCUT2D eigenvalue weighted by molar-refractivity contribution is 0.197. The van der Waals surface area contributed by atoms with Crippen LogP contribution in [0.5, 0.6) is 0 Å². The van der Waals surface area contributed by atoms with Crippen molar-refractivity contribution in [3.8, 4) is 0 Å². The molecular weight excluding hydrogens is 373 g/mol. The number of benzene rings is 1. The zero-order valence-electron chi connectivity index (χ0n) is 15.0. The molecule has 0 saturated carbocycles. The highest BCUT2D eigenvalue weighted by molar-refractivity contribution is 7.89. The van der Waals surface area contributed by atoms with Crippen LogP contribution >= 0.6 is 0 Å². The van der Waals surface area contributed by atoms with Gasteiger partial charge in [0.15, 0.2) is 5.82 Å². The van der Waals surface area contributed by atoms with Gasteiger partial charge in [-0.1, -0.05) is 17.3 Å². The van der Waals surface area contributed by atoms with Gasteiger partial charge in [0.1, 0.15) is 10.7 Å². The van der Waals surface area contributed by atoms with Crippen molar-refractivity contribution in [2.75, 3.05) is 13.7 Å². The Bertz CT molecular complexity index is 903. The van der Waals surface area contributed by atoms with Crippen LogP contribution in [0, 0.1) is 5.82 Å². The first-order chi connectivity index (χ1) is 13.0. The second kappa shape index (κ2) is 7.29. The summed E-state index contributed by atoms with van der Waals surface area (Å²) in [6.45, 7) is 0.517. The molecule has 2 aliphatic heterocycles. The molecule has 0 aliphatic carbocycles. The van der Waals surface area contributed by atoms with Gasteiger partial charge in [0.2, 0.25) is 15.9 Å². The number of hydrogen-bond acceptors (Lipinski definition) is 6. The monoisotopic (exact) mass is 395 g/mol. The molecule has 0 N–H and O–H groups in total. The van der Waals surface area contributed by atoms with Crippen molar-refractivity contribution in [1.82, 2.24) is 14.4 Å². The van der Waals surface area contributed by atoms with Gasteiger partial charge in [-0.3, -0.25) is 0 Å². The van der Waals surface area contributed by atoms with Crippen molar-refractivity contribution >= 4 is 10.0 Å². The van der Waals surface area contributed by atoms with Crippen molar-refractivity contribution in [1.29, 1.82) is 0 Å². The summed E-state index contributed by atoms with van der Waals surface area (Å²) >= 11 is 0. The Morgan fingerprint density at radius 1 is 1.26 bits per heavy atom. The van der Waals surface area contributed by atoms with E-state index in [1.54, 1.807) is 13.2 Å². The van der Waals surface area contributed by atoms with E-state index in [1.165, 1.54) is 22.5 Å². The van der Waals surface area contributed by atoms with Gasteiger partial charge in [0.25, 0.3) is 0 Å². The molecule has 1 aromatic carbocycles. The molecule has 3 atom stereocenters. The van der Waals surface area contributed by atoms with E-state index in [1.807, 2.05) is 0 Å². The highest BCUT2D eigenvalue weighted by Crippen LogP contribution is 2.45. The predicted molar refractivity (Wildman–Crippen MR) is 94.1 cm³/mol. The van der Waals surface area contributed by atoms with Crippen LogP contribution in [0.1, 0.15) is 43.3 Å². The largest absolute Gasteiger partial charge is 0.384 e. The molecule has 0 amide bonds. The third-order valence-corrected chi connectivity index (χ3v) is 7.46. The van der Waals surface area contributed by atoms with Crippen molar-refractivity contribution in [3.05, 3.63) is 41.8 Å². The van der Waals surface area contributed by atoms with Crippen molar-refractivity contribution < 1.29 is 22.1 Å². The molecule has 27 heavy (non-hydrogen) atoms. The summed E-state index contributed by atoms with van der Waals surface area (Å²) in [7, 11) is -2.25. The zero-order valence-corrected chi connectivity index (χ0v) is 15.9. The predicted octanol–water partition coefficient (Wildman–Crippen LogP) is 2.50. The molecule has 7 nitrogen and oxygen atoms in total. The molecule has 0 radical (unpaired) electrons. The molecule has 2 saturated heterocycles. The number of methoxy groups -OCH3 is 1. The number of piperidine rings is 1. The first-order valence-corrected chi connectivity index (χ1v) is 10.5. The molecule has 146 valence electrons. The van der Waals surface area contributed by atoms with Crippen molar-refractivity contribution in [3.63, 3.8) is 0 Å². The van der Waals surface area contributed by atoms with Gasteiger partial charge in [0.05, 0.1) is 6.61 Å². The number of sulfonamides is 1. The Balaban J connectivity index is 1.54. The Morgan fingerprint density at radius 3 is 2.63 bits per heavy atom. The lowest BCUT2D eigenvalue weighted by Gasteiger charge is -2.36. The molecule has 2 aromatic rings. The minimum atomic E-state index is -3.87. The smallest absolute Gasteiger partial charge is 0.246 e. The number of hydrogen-bond donors (Lipinski definition) is 0. The number of rotatable bonds is 6. The molecule has 0 spiro atoms. The molecule has 2 fully saturated rings. The van der Waals surface area contributed by atoms with E-state index in [-0.39, 0.29) is 22.9 Å². The quantitative estimate of drug-likeness (QED) is 0.747. The average Bonchev–Trinajstić information content (AvgIpc) is 3.23. The fourth-order valence-corrected chi connectivity index (χ4v) is 6.18. The van der Waals surface area contributed by atoms with Crippen molar-refractivity contribution in [2.45, 2.75) is 55.0 Å². The van der Waals surface area contributed by atoms with Gasteiger partial charge in [-0.05, 0) is 37.8 Å². The number of halogens is 1. The summed E-state index contributed by atoms with van der Waals surface area (Å²) in [6, 6.07) is 5.20. The molecular formula is C18H22FN3O4S. The standard InChI is InChI=1S/C18H22FN3O4S/c1-25-9-8-17-20-18(26-21-17)12-10-13-6-7-14(11-12)22(13)27(23,24)16-5-3-2-4-15(16)19/h2-5,12-14H,6-11H2,1H3/t12?,13-,14+. The second-order valence-corrected chi connectivity index (χ2v) is 8.92. The van der Waals surface area contributed by atoms with Crippen LogP contribution < -0.4 is 0 Å². The van der Waals surface area contributed by atoms with Crippen LogP contribution in [-0.4, -0.2) is 48.7 Å². The Labute approximate surface area is 157 Å². The third-order valence-electron chi connectivity index (χ3n) is 5.42. The summed E-state index contributed by atoms with van der Waals surface area (Å²) in [5.74, 6) is 0.471. The topological polar surface area (TPSA) is 85.5 Å². The lowest BCUT2D eigenvalue weighted by atomic mass is 9.92. The van der Waals surface area contributed by atoms with Gasteiger partial charge in [-0.15, -0.1) is 0 Å². The van der Waals surface area contributed by atoms with E-state index >= 15 is 0 Å². The van der Waals surface area contributed by atoms with Gasteiger partial charge in [-0.2, -0.15) is 9.29 Å². The molecule has 1 unspecified atom stereocenters. The zero-order chi connectivity index (χ0) is 19.0. The van der Waals surface area contributed by atoms with E-state index in [0.29, 0.717) is 37.6 Å². The molecule has 9 heteroatoms. The molecule has 2 aliphatic rings. The maximum Gasteiger partial charge on any atom is 0.246 e. The normalized spacial score (nSPS) is 25.8. The van der Waals surface area contributed by atoms with Crippen LogP contribution in [0.4, 0.5) is 4.39 Å². The highest BCUT2D eigenvalue weighted by atomic mass is 32.2. The van der Waals surface area contributed by atoms with E-state index in [0.717, 1.165) is 12.8 Å². The summed E-state index contributed by atoms with van der Waals surface area (Å²) in [5.41, 5.74) is 0. The minimum absolute atomic E-state index is 0.0263. The van der Waals surface area contributed by atoms with Gasteiger partial charge < -0.3 is 9.26 Å². The second-order valence-electron chi connectivity index (χ2n) is 7.11. The maximum atomic E-state index is 14.1. The molecule has 1 aromatic heterocycles. The summed E-state index contributed by atoms with van der Waals surface area (Å²) in [6.07, 6.45) is 3.32. The van der Waals surface area contributed by atoms with E-state index in [2.05, 4.69) is 10.1 Å². The van der Waals surface area contributed by atoms with Crippen molar-refractivity contribution in [2.24, 2.45) is 0 Å². The van der Waals surface area contributed by atoms with E-state index in [9.17, 15) is 12.8 Å². The minimum Gasteiger partial charge on any atom is -0.384 e. The Kier molecular flexibility index (Phi) is 5.00. The Hall–Kier alpha value is -1.84. The highest BCUT2D eigenvalue weighted by Gasteiger charge is 2.49. The SMILES string of the molecule is COCCc1noc(C2C[C@H]3CC[C@@H](C2)N3S(=O)(=O)c2ccccc2F)n1. The molecule has 2 bridgehead atoms. The molecule has 3 heterocycles. The maximum absolute atomic E-state index is 14.1. The van der Waals surface area contributed by atoms with E-state index in [4.69, 9.17) is 9.26 Å². The number of fused-ring (bicyclic) bond motifs is 2. The van der Waals surface area contributed by atoms with Crippen LogP contribution in [0.15, 0.2) is 33.7 Å². The number of nitrogens with zero attached hydrogens (tertiary/aromatic N) is 3. The van der Waals surface area contributed by atoms with E-state index < -0.39 is 15.8 Å². The van der Waals surface area contributed by atoms with Crippen LogP contribution in [-0.2, 0) is 21.2 Å².